The van der Waals surface area contributed by atoms with Gasteiger partial charge in [0.25, 0.3) is 5.91 Å². The van der Waals surface area contributed by atoms with E-state index in [0.717, 1.165) is 22.2 Å². The molecule has 1 aliphatic heterocycles. The molecule has 4 rings (SSSR count). The van der Waals surface area contributed by atoms with Gasteiger partial charge in [-0.15, -0.1) is 0 Å². The van der Waals surface area contributed by atoms with Gasteiger partial charge in [0.1, 0.15) is 6.61 Å². The first-order chi connectivity index (χ1) is 11.6. The van der Waals surface area contributed by atoms with Crippen LogP contribution in [-0.4, -0.2) is 21.6 Å². The number of aromatic carboxylic acids is 1. The molecule has 24 heavy (non-hydrogen) atoms. The highest BCUT2D eigenvalue weighted by Crippen LogP contribution is 2.37. The number of benzene rings is 2. The maximum Gasteiger partial charge on any atom is 0.335 e. The van der Waals surface area contributed by atoms with Gasteiger partial charge in [0.15, 0.2) is 0 Å². The summed E-state index contributed by atoms with van der Waals surface area (Å²) in [5, 5.41) is 10.1. The van der Waals surface area contributed by atoms with E-state index in [1.165, 1.54) is 6.07 Å². The van der Waals surface area contributed by atoms with E-state index in [4.69, 9.17) is 4.84 Å². The number of carbonyl (C=O) groups excluding carboxylic acids is 1. The van der Waals surface area contributed by atoms with Crippen LogP contribution in [0.5, 0.6) is 0 Å². The minimum atomic E-state index is -1.07. The molecule has 0 atom stereocenters. The van der Waals surface area contributed by atoms with Crippen molar-refractivity contribution in [1.29, 1.82) is 0 Å². The van der Waals surface area contributed by atoms with Crippen LogP contribution in [0.25, 0.3) is 22.2 Å². The minimum absolute atomic E-state index is 0.0707. The molecule has 0 bridgehead atoms. The van der Waals surface area contributed by atoms with Crippen molar-refractivity contribution >= 4 is 22.8 Å². The van der Waals surface area contributed by atoms with Gasteiger partial charge in [0, 0.05) is 18.0 Å². The van der Waals surface area contributed by atoms with Crippen LogP contribution in [-0.2, 0) is 18.5 Å². The lowest BCUT2D eigenvalue weighted by molar-refractivity contribution is 0.0255. The number of hydroxylamine groups is 1. The number of hydrogen-bond acceptors (Lipinski definition) is 3. The molecule has 0 spiro atoms. The molecule has 2 heterocycles. The molecule has 120 valence electrons. The first-order valence-electron chi connectivity index (χ1n) is 7.44. The van der Waals surface area contributed by atoms with Crippen molar-refractivity contribution < 1.29 is 19.5 Å². The van der Waals surface area contributed by atoms with E-state index in [1.807, 2.05) is 41.9 Å². The van der Waals surface area contributed by atoms with Crippen LogP contribution in [0, 0.1) is 0 Å². The van der Waals surface area contributed by atoms with Gasteiger partial charge in [0.05, 0.1) is 22.3 Å². The van der Waals surface area contributed by atoms with Crippen molar-refractivity contribution in [2.45, 2.75) is 6.61 Å². The number of carboxylic acids is 1. The van der Waals surface area contributed by atoms with Crippen molar-refractivity contribution in [1.82, 2.24) is 10.0 Å². The Balaban J connectivity index is 2.15. The molecule has 0 saturated heterocycles. The first-order valence-corrected chi connectivity index (χ1v) is 7.44. The lowest BCUT2D eigenvalue weighted by Gasteiger charge is -2.09. The zero-order valence-corrected chi connectivity index (χ0v) is 12.9. The topological polar surface area (TPSA) is 80.6 Å². The summed E-state index contributed by atoms with van der Waals surface area (Å²) < 4.78 is 1.91. The highest BCUT2D eigenvalue weighted by molar-refractivity contribution is 6.12. The quantitative estimate of drug-likeness (QED) is 0.760. The van der Waals surface area contributed by atoms with Crippen molar-refractivity contribution in [3.63, 3.8) is 0 Å². The molecule has 0 unspecified atom stereocenters. The average Bonchev–Trinajstić information content (AvgIpc) is 2.76. The van der Waals surface area contributed by atoms with Crippen LogP contribution in [0.1, 0.15) is 26.3 Å². The highest BCUT2D eigenvalue weighted by Gasteiger charge is 2.26. The fourth-order valence-corrected chi connectivity index (χ4v) is 3.29. The molecule has 1 aliphatic rings. The van der Waals surface area contributed by atoms with Crippen LogP contribution < -0.4 is 5.48 Å². The van der Waals surface area contributed by atoms with Crippen molar-refractivity contribution in [2.24, 2.45) is 7.05 Å². The molecular weight excluding hydrogens is 308 g/mol. The Morgan fingerprint density at radius 1 is 1.25 bits per heavy atom. The lowest BCUT2D eigenvalue weighted by atomic mass is 10.00. The van der Waals surface area contributed by atoms with Crippen LogP contribution >= 0.6 is 0 Å². The fourth-order valence-electron chi connectivity index (χ4n) is 3.29. The Hall–Kier alpha value is -3.12. The number of carbonyl (C=O) groups is 2. The Morgan fingerprint density at radius 3 is 2.71 bits per heavy atom. The standard InChI is InChI=1S/C18H14N2O4/c1-20-14-8-11(18(22)23)7-12-15(14)13(9-24-19-17(12)21)16(20)10-5-3-2-4-6-10/h2-8H,9H2,1H3,(H,19,21)(H,22,23). The van der Waals surface area contributed by atoms with Gasteiger partial charge in [-0.25, -0.2) is 10.3 Å². The third-order valence-corrected chi connectivity index (χ3v) is 4.32. The molecule has 3 aromatic rings. The zero-order valence-electron chi connectivity index (χ0n) is 12.9. The lowest BCUT2D eigenvalue weighted by Crippen LogP contribution is -2.22. The molecule has 2 aromatic carbocycles. The van der Waals surface area contributed by atoms with Crippen molar-refractivity contribution in [2.75, 3.05) is 0 Å². The van der Waals surface area contributed by atoms with E-state index < -0.39 is 11.9 Å². The SMILES string of the molecule is Cn1c(-c2ccccc2)c2c3c(cc(C(=O)O)cc31)C(=O)NOC2. The Bertz CT molecular complexity index is 989. The molecule has 0 radical (unpaired) electrons. The maximum atomic E-state index is 12.3. The summed E-state index contributed by atoms with van der Waals surface area (Å²) in [6, 6.07) is 12.7. The second-order valence-electron chi connectivity index (χ2n) is 5.70. The molecule has 1 aromatic heterocycles. The highest BCUT2D eigenvalue weighted by atomic mass is 16.7. The number of nitrogens with one attached hydrogen (secondary N) is 1. The molecular formula is C18H14N2O4. The normalized spacial score (nSPS) is 13.6. The van der Waals surface area contributed by atoms with Crippen LogP contribution in [0.3, 0.4) is 0 Å². The summed E-state index contributed by atoms with van der Waals surface area (Å²) in [5.41, 5.74) is 6.19. The summed E-state index contributed by atoms with van der Waals surface area (Å²) in [7, 11) is 1.86. The van der Waals surface area contributed by atoms with E-state index >= 15 is 0 Å². The van der Waals surface area contributed by atoms with Crippen molar-refractivity contribution in [3.05, 3.63) is 59.2 Å². The smallest absolute Gasteiger partial charge is 0.335 e. The largest absolute Gasteiger partial charge is 0.478 e. The van der Waals surface area contributed by atoms with E-state index in [-0.39, 0.29) is 12.2 Å². The monoisotopic (exact) mass is 322 g/mol. The molecule has 1 amide bonds. The number of rotatable bonds is 2. The number of aryl methyl sites for hydroxylation is 1. The summed E-state index contributed by atoms with van der Waals surface area (Å²) in [5.74, 6) is -1.51. The zero-order chi connectivity index (χ0) is 16.8. The predicted molar refractivity (Wildman–Crippen MR) is 87.6 cm³/mol. The summed E-state index contributed by atoms with van der Waals surface area (Å²) in [6.45, 7) is 0.215. The fraction of sp³-hybridized carbons (Fsp3) is 0.111. The van der Waals surface area contributed by atoms with E-state index in [0.29, 0.717) is 11.1 Å². The Kier molecular flexibility index (Phi) is 3.14. The summed E-state index contributed by atoms with van der Waals surface area (Å²) in [6.07, 6.45) is 0. The number of aromatic nitrogens is 1. The van der Waals surface area contributed by atoms with E-state index in [1.54, 1.807) is 6.07 Å². The Labute approximate surface area is 137 Å². The van der Waals surface area contributed by atoms with Gasteiger partial charge in [0.2, 0.25) is 0 Å². The summed E-state index contributed by atoms with van der Waals surface area (Å²) in [4.78, 5) is 29.0. The van der Waals surface area contributed by atoms with Crippen LogP contribution in [0.4, 0.5) is 0 Å². The number of carboxylic acid groups (broad SMARTS) is 1. The van der Waals surface area contributed by atoms with Gasteiger partial charge >= 0.3 is 5.97 Å². The second-order valence-corrected chi connectivity index (χ2v) is 5.70. The Morgan fingerprint density at radius 2 is 2.00 bits per heavy atom. The molecule has 6 nitrogen and oxygen atoms in total. The molecule has 2 N–H and O–H groups in total. The summed E-state index contributed by atoms with van der Waals surface area (Å²) >= 11 is 0. The van der Waals surface area contributed by atoms with Crippen LogP contribution in [0.2, 0.25) is 0 Å². The number of hydrogen-bond donors (Lipinski definition) is 2. The van der Waals surface area contributed by atoms with Crippen LogP contribution in [0.15, 0.2) is 42.5 Å². The van der Waals surface area contributed by atoms with E-state index in [9.17, 15) is 14.7 Å². The average molecular weight is 322 g/mol. The molecule has 0 saturated carbocycles. The molecule has 0 aliphatic carbocycles. The second kappa shape index (κ2) is 5.21. The maximum absolute atomic E-state index is 12.3. The molecule has 0 fully saturated rings. The van der Waals surface area contributed by atoms with Crippen molar-refractivity contribution in [3.8, 4) is 11.3 Å². The number of nitrogens with zero attached hydrogens (tertiary/aromatic N) is 1. The van der Waals surface area contributed by atoms with Gasteiger partial charge in [-0.2, -0.15) is 0 Å². The first kappa shape index (κ1) is 14.5. The minimum Gasteiger partial charge on any atom is -0.478 e. The van der Waals surface area contributed by atoms with Gasteiger partial charge in [-0.3, -0.25) is 9.63 Å². The number of amides is 1. The van der Waals surface area contributed by atoms with Gasteiger partial charge < -0.3 is 9.67 Å². The van der Waals surface area contributed by atoms with Gasteiger partial charge in [-0.1, -0.05) is 30.3 Å². The van der Waals surface area contributed by atoms with E-state index in [2.05, 4.69) is 5.48 Å². The predicted octanol–water partition coefficient (Wildman–Crippen LogP) is 2.72. The third-order valence-electron chi connectivity index (χ3n) is 4.32. The van der Waals surface area contributed by atoms with Gasteiger partial charge in [-0.05, 0) is 17.7 Å². The third kappa shape index (κ3) is 2.00. The molecule has 6 heteroatoms.